The molecule has 6 nitrogen and oxygen atoms in total. The summed E-state index contributed by atoms with van der Waals surface area (Å²) in [7, 11) is 1.74. The third-order valence-corrected chi connectivity index (χ3v) is 16.7. The Morgan fingerprint density at radius 2 is 0.984 bits per heavy atom. The molecule has 4 saturated carbocycles. The first kappa shape index (κ1) is 67.8. The number of aliphatic imine (C=N–C) groups is 2. The maximum absolute atomic E-state index is 12.8. The van der Waals surface area contributed by atoms with Gasteiger partial charge >= 0.3 is 34.1 Å². The van der Waals surface area contributed by atoms with Gasteiger partial charge in [0.1, 0.15) is 5.71 Å². The Morgan fingerprint density at radius 3 is 1.35 bits per heavy atom. The van der Waals surface area contributed by atoms with Crippen molar-refractivity contribution in [3.05, 3.63) is 88.9 Å². The molecule has 7 rings (SSSR count). The van der Waals surface area contributed by atoms with Gasteiger partial charge in [-0.3, -0.25) is 19.6 Å². The quantitative estimate of drug-likeness (QED) is 0.181. The Kier molecular flexibility index (Phi) is 32.8. The number of carbonyl (C=O) groups is 2. The number of amides is 1. The minimum Gasteiger partial charge on any atom is -0.386 e. The molecule has 6 atom stereocenters. The summed E-state index contributed by atoms with van der Waals surface area (Å²) in [6.07, 6.45) is 11.1. The van der Waals surface area contributed by atoms with Gasteiger partial charge in [-0.25, -0.2) is 0 Å². The van der Waals surface area contributed by atoms with Gasteiger partial charge in [-0.2, -0.15) is 0 Å². The molecule has 364 valence electrons. The first-order valence-electron chi connectivity index (χ1n) is 22.4. The van der Waals surface area contributed by atoms with E-state index in [4.69, 9.17) is 4.99 Å². The van der Waals surface area contributed by atoms with E-state index >= 15 is 0 Å². The van der Waals surface area contributed by atoms with Gasteiger partial charge in [0.05, 0.1) is 29.9 Å². The molecule has 8 heteroatoms. The average Bonchev–Trinajstić information content (AvgIpc) is 3.97. The van der Waals surface area contributed by atoms with E-state index in [1.165, 1.54) is 36.8 Å². The number of allylic oxidation sites excluding steroid dienone is 1. The number of hydrogen-bond donors (Lipinski definition) is 1. The molecule has 0 aromatic heterocycles. The van der Waals surface area contributed by atoms with Crippen molar-refractivity contribution in [1.82, 2.24) is 4.90 Å². The monoisotopic (exact) mass is 958 g/mol. The molecular formula is C55H95Fe2N3O3. The van der Waals surface area contributed by atoms with Crippen LogP contribution in [0.3, 0.4) is 0 Å². The standard InChI is InChI=1S/C20H26N2O2.C10H13NO.2C10H20.CH4.4CH3.2Fe/c1-13-12-18(21-17-11-7-10-16(13)17)20(24)22(3)14(2)19(23)15-8-5-4-6-9-15;1-7-5-8(6-12)11-10-4-2-3-9(7)10;2*1-6-7(2)9(4)10(5)8(6)3;;;;;;;/h4-6,8-9,12,14,16-17,19,23H,7,10-11H2,1-3H3;5-6,9-10H,2-4H2,1H3;2*6-10H,1-5H3;1H4;4*1H3;;/q;;;;;4*-1;2*+2. The molecule has 1 amide bonds. The summed E-state index contributed by atoms with van der Waals surface area (Å²) in [6, 6.07) is 9.81. The zero-order chi connectivity index (χ0) is 41.6. The molecule has 63 heavy (non-hydrogen) atoms. The van der Waals surface area contributed by atoms with Crippen LogP contribution in [0.2, 0.25) is 0 Å². The van der Waals surface area contributed by atoms with E-state index in [9.17, 15) is 14.7 Å². The zero-order valence-corrected chi connectivity index (χ0v) is 44.6. The third-order valence-electron chi connectivity index (χ3n) is 16.7. The Hall–Kier alpha value is -1.82. The van der Waals surface area contributed by atoms with Crippen LogP contribution in [0.15, 0.2) is 63.6 Å². The SMILES string of the molecule is C.CC1=CC(C(=O)N(C)C(C)C(O)c2ccccc2)=NC2CCCC12.CC1=CC(C=O)=NC2CCCC12.CC1C(C)C(C)C(C)C1C.CC1C(C)C(C)C(C)C1C.[CH3-].[CH3-].[CH3-].[CH3-].[Fe+2].[Fe+2]. The van der Waals surface area contributed by atoms with Gasteiger partial charge < -0.3 is 39.7 Å². The van der Waals surface area contributed by atoms with E-state index in [2.05, 4.69) is 88.1 Å². The van der Waals surface area contributed by atoms with Gasteiger partial charge in [-0.1, -0.05) is 131 Å². The molecule has 0 radical (unpaired) electrons. The first-order chi connectivity index (χ1) is 26.4. The fraction of sp³-hybridized carbons (Fsp3) is 0.673. The van der Waals surface area contributed by atoms with Gasteiger partial charge in [-0.05, 0) is 123 Å². The molecule has 1 N–H and O–H groups in total. The number of likely N-dealkylation sites (N-methyl/N-ethyl adjacent to an activating group) is 1. The van der Waals surface area contributed by atoms with E-state index in [-0.39, 0.29) is 89.3 Å². The number of hydrogen-bond acceptors (Lipinski definition) is 5. The normalized spacial score (nSPS) is 33.7. The van der Waals surface area contributed by atoms with Crippen molar-refractivity contribution in [1.29, 1.82) is 0 Å². The minimum absolute atomic E-state index is 0. The predicted molar refractivity (Wildman–Crippen MR) is 268 cm³/mol. The number of aliphatic hydroxyl groups is 1. The van der Waals surface area contributed by atoms with Crippen molar-refractivity contribution in [3.8, 4) is 0 Å². The minimum atomic E-state index is -0.714. The van der Waals surface area contributed by atoms with Crippen LogP contribution < -0.4 is 0 Å². The summed E-state index contributed by atoms with van der Waals surface area (Å²) >= 11 is 0. The number of rotatable bonds is 5. The second-order valence-electron chi connectivity index (χ2n) is 19.3. The van der Waals surface area contributed by atoms with Crippen molar-refractivity contribution in [2.75, 3.05) is 7.05 Å². The van der Waals surface area contributed by atoms with Crippen molar-refractivity contribution >= 4 is 23.6 Å². The van der Waals surface area contributed by atoms with E-state index in [1.54, 1.807) is 11.9 Å². The molecule has 1 aromatic rings. The number of nitrogens with zero attached hydrogens (tertiary/aromatic N) is 3. The number of aliphatic hydroxyl groups excluding tert-OH is 1. The van der Waals surface area contributed by atoms with Crippen LogP contribution in [0.4, 0.5) is 0 Å². The van der Waals surface area contributed by atoms with Crippen LogP contribution >= 0.6 is 0 Å². The molecule has 0 bridgehead atoms. The summed E-state index contributed by atoms with van der Waals surface area (Å²) < 4.78 is 0. The third kappa shape index (κ3) is 16.2. The van der Waals surface area contributed by atoms with Crippen LogP contribution in [-0.4, -0.2) is 58.8 Å². The van der Waals surface area contributed by atoms with Crippen molar-refractivity contribution in [2.24, 2.45) is 81.0 Å². The van der Waals surface area contributed by atoms with Crippen LogP contribution in [-0.2, 0) is 43.7 Å². The summed E-state index contributed by atoms with van der Waals surface area (Å²) in [4.78, 5) is 34.1. The fourth-order valence-electron chi connectivity index (χ4n) is 10.8. The molecule has 4 aliphatic carbocycles. The molecule has 2 heterocycles. The summed E-state index contributed by atoms with van der Waals surface area (Å²) in [5.74, 6) is 10.4. The molecule has 4 fully saturated rings. The van der Waals surface area contributed by atoms with E-state index < -0.39 is 6.10 Å². The van der Waals surface area contributed by atoms with E-state index in [0.717, 1.165) is 83.9 Å². The Balaban J connectivity index is -0.000000383. The molecule has 6 unspecified atom stereocenters. The van der Waals surface area contributed by atoms with Gasteiger partial charge in [-0.15, -0.1) is 0 Å². The van der Waals surface area contributed by atoms with E-state index in [0.29, 0.717) is 29.3 Å². The molecular weight excluding hydrogens is 862 g/mol. The number of fused-ring (bicyclic) bond motifs is 2. The number of dihydropyridines is 2. The van der Waals surface area contributed by atoms with Crippen LogP contribution in [0, 0.1) is 101 Å². The van der Waals surface area contributed by atoms with Gasteiger partial charge in [0.2, 0.25) is 0 Å². The largest absolute Gasteiger partial charge is 2.00 e. The fourth-order valence-corrected chi connectivity index (χ4v) is 10.8. The van der Waals surface area contributed by atoms with Gasteiger partial charge in [0, 0.05) is 18.9 Å². The van der Waals surface area contributed by atoms with Crippen molar-refractivity contribution in [3.63, 3.8) is 0 Å². The Bertz CT molecular complexity index is 1470. The zero-order valence-electron chi connectivity index (χ0n) is 42.4. The Morgan fingerprint density at radius 1 is 0.635 bits per heavy atom. The second kappa shape index (κ2) is 30.5. The van der Waals surface area contributed by atoms with Gasteiger partial charge in [0.15, 0.2) is 6.29 Å². The first-order valence-corrected chi connectivity index (χ1v) is 22.4. The molecule has 0 spiro atoms. The number of aldehydes is 1. The molecule has 1 aromatic carbocycles. The van der Waals surface area contributed by atoms with Gasteiger partial charge in [0.25, 0.3) is 5.91 Å². The number of carbonyl (C=O) groups excluding carboxylic acids is 2. The topological polar surface area (TPSA) is 82.3 Å². The maximum Gasteiger partial charge on any atom is 2.00 e. The van der Waals surface area contributed by atoms with E-state index in [1.807, 2.05) is 49.4 Å². The smallest absolute Gasteiger partial charge is 0.386 e. The average molecular weight is 958 g/mol. The molecule has 6 aliphatic rings. The van der Waals surface area contributed by atoms with Crippen LogP contribution in [0.1, 0.15) is 148 Å². The Labute approximate surface area is 412 Å². The summed E-state index contributed by atoms with van der Waals surface area (Å²) in [6.45, 7) is 30.1. The number of benzene rings is 1. The second-order valence-corrected chi connectivity index (χ2v) is 19.3. The molecule has 0 saturated heterocycles. The van der Waals surface area contributed by atoms with Crippen molar-refractivity contribution < 1.29 is 48.8 Å². The summed E-state index contributed by atoms with van der Waals surface area (Å²) in [5.41, 5.74) is 4.59. The van der Waals surface area contributed by atoms with Crippen LogP contribution in [0.5, 0.6) is 0 Å². The van der Waals surface area contributed by atoms with Crippen LogP contribution in [0.25, 0.3) is 0 Å². The predicted octanol–water partition coefficient (Wildman–Crippen LogP) is 13.7. The summed E-state index contributed by atoms with van der Waals surface area (Å²) in [5, 5.41) is 10.6. The molecule has 2 aliphatic heterocycles. The van der Waals surface area contributed by atoms with Crippen molar-refractivity contribution in [2.45, 2.75) is 160 Å². The maximum atomic E-state index is 12.8.